The van der Waals surface area contributed by atoms with Gasteiger partial charge in [0.05, 0.1) is 16.9 Å². The van der Waals surface area contributed by atoms with E-state index in [1.54, 1.807) is 4.57 Å². The van der Waals surface area contributed by atoms with E-state index in [1.165, 1.54) is 20.0 Å². The van der Waals surface area contributed by atoms with Crippen LogP contribution < -0.4 is 15.1 Å². The molecule has 1 N–H and O–H groups in total. The summed E-state index contributed by atoms with van der Waals surface area (Å²) >= 11 is 0. The van der Waals surface area contributed by atoms with Crippen LogP contribution in [-0.4, -0.2) is 66.2 Å². The number of carbonyl (C=O) groups is 2. The molecule has 0 unspecified atom stereocenters. The van der Waals surface area contributed by atoms with Crippen LogP contribution in [0, 0.1) is 5.82 Å². The zero-order valence-electron chi connectivity index (χ0n) is 17.6. The summed E-state index contributed by atoms with van der Waals surface area (Å²) < 4.78 is 22.6. The number of carboxylic acid groups (broad SMARTS) is 1. The van der Waals surface area contributed by atoms with E-state index in [9.17, 15) is 23.9 Å². The molecule has 2 aliphatic rings. The van der Waals surface area contributed by atoms with Crippen molar-refractivity contribution in [3.05, 3.63) is 33.9 Å². The first-order chi connectivity index (χ1) is 14.1. The van der Waals surface area contributed by atoms with Crippen molar-refractivity contribution in [2.45, 2.75) is 26.8 Å². The van der Waals surface area contributed by atoms with Crippen molar-refractivity contribution in [3.8, 4) is 5.75 Å². The molecule has 1 aromatic heterocycles. The Kier molecular flexibility index (Phi) is 6.12. The second-order valence-electron chi connectivity index (χ2n) is 7.88. The molecule has 0 bridgehead atoms. The van der Waals surface area contributed by atoms with Gasteiger partial charge >= 0.3 is 5.97 Å². The van der Waals surface area contributed by atoms with E-state index in [-0.39, 0.29) is 29.4 Å². The quantitative estimate of drug-likeness (QED) is 0.797. The lowest BCUT2D eigenvalue weighted by Gasteiger charge is -2.37. The minimum Gasteiger partial charge on any atom is -0.487 e. The lowest BCUT2D eigenvalue weighted by molar-refractivity contribution is -0.115. The summed E-state index contributed by atoms with van der Waals surface area (Å²) in [6.45, 7) is 8.13. The summed E-state index contributed by atoms with van der Waals surface area (Å²) in [7, 11) is 2.02. The highest BCUT2D eigenvalue weighted by molar-refractivity contribution is 5.97. The van der Waals surface area contributed by atoms with Gasteiger partial charge in [-0.25, -0.2) is 9.18 Å². The molecule has 0 radical (unpaired) electrons. The Morgan fingerprint density at radius 1 is 1.20 bits per heavy atom. The molecule has 2 aliphatic heterocycles. The summed E-state index contributed by atoms with van der Waals surface area (Å²) in [5.41, 5.74) is -0.224. The molecule has 1 atom stereocenters. The molecule has 9 heteroatoms. The van der Waals surface area contributed by atoms with Gasteiger partial charge in [0.2, 0.25) is 5.43 Å². The first-order valence-corrected chi connectivity index (χ1v) is 9.80. The van der Waals surface area contributed by atoms with Gasteiger partial charge < -0.3 is 29.0 Å². The maximum absolute atomic E-state index is 15.0. The van der Waals surface area contributed by atoms with Crippen molar-refractivity contribution >= 4 is 28.3 Å². The molecule has 1 aromatic carbocycles. The molecule has 0 amide bonds. The molecule has 2 aromatic rings. The highest BCUT2D eigenvalue weighted by atomic mass is 19.1. The number of ketones is 1. The number of hydrogen-bond acceptors (Lipinski definition) is 6. The molecule has 162 valence electrons. The second-order valence-corrected chi connectivity index (χ2v) is 7.88. The minimum absolute atomic E-state index is 0.0434. The number of carbonyl (C=O) groups excluding carboxylic acids is 1. The molecule has 1 fully saturated rings. The van der Waals surface area contributed by atoms with E-state index >= 15 is 0 Å². The molecule has 4 rings (SSSR count). The third kappa shape index (κ3) is 4.02. The van der Waals surface area contributed by atoms with Gasteiger partial charge in [0.15, 0.2) is 11.6 Å². The second kappa shape index (κ2) is 8.43. The Hall–Kier alpha value is -2.94. The van der Waals surface area contributed by atoms with E-state index in [0.29, 0.717) is 30.0 Å². The predicted molar refractivity (Wildman–Crippen MR) is 111 cm³/mol. The number of nitrogens with zero attached hydrogens (tertiary/aromatic N) is 3. The van der Waals surface area contributed by atoms with Crippen LogP contribution in [0.5, 0.6) is 5.75 Å². The normalized spacial score (nSPS) is 18.4. The number of rotatable bonds is 2. The fraction of sp³-hybridized carbons (Fsp3) is 0.476. The van der Waals surface area contributed by atoms with Gasteiger partial charge in [-0.05, 0) is 33.9 Å². The number of pyridine rings is 1. The summed E-state index contributed by atoms with van der Waals surface area (Å²) in [4.78, 5) is 37.5. The molecule has 0 saturated carbocycles. The number of halogens is 1. The molecule has 30 heavy (non-hydrogen) atoms. The third-order valence-electron chi connectivity index (χ3n) is 5.19. The first-order valence-electron chi connectivity index (χ1n) is 9.80. The fourth-order valence-electron chi connectivity index (χ4n) is 3.69. The summed E-state index contributed by atoms with van der Waals surface area (Å²) in [6, 6.07) is 0.994. The van der Waals surface area contributed by atoms with Crippen LogP contribution >= 0.6 is 0 Å². The number of ether oxygens (including phenoxy) is 1. The van der Waals surface area contributed by atoms with Crippen LogP contribution in [0.15, 0.2) is 17.1 Å². The zero-order valence-corrected chi connectivity index (χ0v) is 17.6. The van der Waals surface area contributed by atoms with E-state index < -0.39 is 17.2 Å². The Bertz CT molecular complexity index is 1050. The van der Waals surface area contributed by atoms with Crippen molar-refractivity contribution in [2.24, 2.45) is 0 Å². The molecule has 8 nitrogen and oxygen atoms in total. The average Bonchev–Trinajstić information content (AvgIpc) is 2.66. The number of Topliss-reactive ketones (excluding diaryl/α,β-unsaturated/α-hetero) is 1. The number of likely N-dealkylation sites (N-methyl/N-ethyl adjacent to an activating group) is 1. The Morgan fingerprint density at radius 2 is 1.80 bits per heavy atom. The van der Waals surface area contributed by atoms with Crippen molar-refractivity contribution in [2.75, 3.05) is 44.7 Å². The summed E-state index contributed by atoms with van der Waals surface area (Å²) in [5, 5.41) is 9.36. The van der Waals surface area contributed by atoms with Gasteiger partial charge in [-0.3, -0.25) is 4.79 Å². The highest BCUT2D eigenvalue weighted by Crippen LogP contribution is 2.42. The third-order valence-corrected chi connectivity index (χ3v) is 5.19. The van der Waals surface area contributed by atoms with Crippen molar-refractivity contribution < 1.29 is 23.8 Å². The van der Waals surface area contributed by atoms with Crippen LogP contribution in [0.25, 0.3) is 10.9 Å². The SMILES string of the molecule is CC(C)=O.C[C@H]1COc2c(N3CCN(C)CC3)c(F)cc3c(=O)c(C(=O)O)cn1c23. The lowest BCUT2D eigenvalue weighted by atomic mass is 10.1. The minimum atomic E-state index is -1.32. The number of aromatic nitrogens is 1. The number of anilines is 1. The van der Waals surface area contributed by atoms with Crippen LogP contribution in [-0.2, 0) is 4.79 Å². The van der Waals surface area contributed by atoms with E-state index in [4.69, 9.17) is 4.74 Å². The first kappa shape index (κ1) is 21.8. The van der Waals surface area contributed by atoms with Crippen LogP contribution in [0.2, 0.25) is 0 Å². The van der Waals surface area contributed by atoms with Gasteiger partial charge in [0.25, 0.3) is 0 Å². The van der Waals surface area contributed by atoms with Gasteiger partial charge in [0.1, 0.15) is 23.6 Å². The van der Waals surface area contributed by atoms with Crippen molar-refractivity contribution in [1.29, 1.82) is 0 Å². The number of piperazine rings is 1. The number of carboxylic acids is 1. The van der Waals surface area contributed by atoms with E-state index in [1.807, 2.05) is 18.9 Å². The fourth-order valence-corrected chi connectivity index (χ4v) is 3.69. The molecule has 1 saturated heterocycles. The molecular formula is C21H26FN3O5. The highest BCUT2D eigenvalue weighted by Gasteiger charge is 2.30. The predicted octanol–water partition coefficient (Wildman–Crippen LogP) is 2.14. The maximum Gasteiger partial charge on any atom is 0.341 e. The van der Waals surface area contributed by atoms with E-state index in [0.717, 1.165) is 19.2 Å². The molecule has 3 heterocycles. The van der Waals surface area contributed by atoms with Gasteiger partial charge in [-0.1, -0.05) is 0 Å². The standard InChI is InChI=1S/C18H20FN3O4.C3H6O/c1-10-9-26-17-14-11(16(23)12(18(24)25)8-22(10)14)7-13(19)15(17)21-5-3-20(2)4-6-21;1-3(2)4/h7-8,10H,3-6,9H2,1-2H3,(H,24,25);1-2H3/t10-;/m0./s1. The Labute approximate surface area is 173 Å². The number of benzene rings is 1. The number of aromatic carboxylic acids is 1. The van der Waals surface area contributed by atoms with Crippen LogP contribution in [0.4, 0.5) is 10.1 Å². The molecular weight excluding hydrogens is 393 g/mol. The van der Waals surface area contributed by atoms with Crippen molar-refractivity contribution in [1.82, 2.24) is 9.47 Å². The van der Waals surface area contributed by atoms with Crippen LogP contribution in [0.3, 0.4) is 0 Å². The largest absolute Gasteiger partial charge is 0.487 e. The van der Waals surface area contributed by atoms with Gasteiger partial charge in [-0.2, -0.15) is 0 Å². The smallest absolute Gasteiger partial charge is 0.341 e. The Balaban J connectivity index is 0.000000589. The average molecular weight is 419 g/mol. The zero-order chi connectivity index (χ0) is 22.2. The van der Waals surface area contributed by atoms with Crippen LogP contribution in [0.1, 0.15) is 37.2 Å². The topological polar surface area (TPSA) is 92.1 Å². The van der Waals surface area contributed by atoms with Crippen molar-refractivity contribution in [3.63, 3.8) is 0 Å². The number of hydrogen-bond donors (Lipinski definition) is 1. The van der Waals surface area contributed by atoms with Gasteiger partial charge in [0, 0.05) is 32.4 Å². The lowest BCUT2D eigenvalue weighted by Crippen LogP contribution is -2.45. The Morgan fingerprint density at radius 3 is 2.37 bits per heavy atom. The van der Waals surface area contributed by atoms with E-state index in [2.05, 4.69) is 4.90 Å². The maximum atomic E-state index is 15.0. The monoisotopic (exact) mass is 419 g/mol. The van der Waals surface area contributed by atoms with Gasteiger partial charge in [-0.15, -0.1) is 0 Å². The summed E-state index contributed by atoms with van der Waals surface area (Å²) in [6.07, 6.45) is 1.34. The molecule has 0 spiro atoms. The summed E-state index contributed by atoms with van der Waals surface area (Å²) in [5.74, 6) is -1.38. The molecule has 0 aliphatic carbocycles.